The fraction of sp³-hybridized carbons (Fsp3) is 0.154. The van der Waals surface area contributed by atoms with E-state index in [9.17, 15) is 0 Å². The van der Waals surface area contributed by atoms with Crippen LogP contribution in [0, 0.1) is 6.92 Å². The Kier molecular flexibility index (Phi) is 5.96. The highest BCUT2D eigenvalue weighted by Crippen LogP contribution is 2.32. The van der Waals surface area contributed by atoms with Gasteiger partial charge in [0.05, 0.1) is 5.69 Å². The van der Waals surface area contributed by atoms with Crippen molar-refractivity contribution in [2.45, 2.75) is 19.8 Å². The summed E-state index contributed by atoms with van der Waals surface area (Å²) in [5, 5.41) is 3.49. The average molecular weight is 380 g/mol. The van der Waals surface area contributed by atoms with Gasteiger partial charge in [0.25, 0.3) is 0 Å². The maximum Gasteiger partial charge on any atom is 0.126 e. The molecule has 3 heteroatoms. The van der Waals surface area contributed by atoms with Crippen molar-refractivity contribution in [3.63, 3.8) is 0 Å². The van der Waals surface area contributed by atoms with Crippen LogP contribution in [-0.2, 0) is 6.42 Å². The third kappa shape index (κ3) is 4.88. The van der Waals surface area contributed by atoms with E-state index in [1.165, 1.54) is 16.7 Å². The van der Waals surface area contributed by atoms with Crippen LogP contribution in [0.3, 0.4) is 0 Å². The predicted octanol–water partition coefficient (Wildman–Crippen LogP) is 6.16. The number of pyridine rings is 2. The van der Waals surface area contributed by atoms with Crippen molar-refractivity contribution >= 4 is 5.82 Å². The standard InChI is InChI=1S/C26H25N3/c1-20-7-5-11-23(19-20)24-12-13-25(29-26(24)22-14-17-27-18-15-22)28-16-6-10-21-8-3-2-4-9-21/h2-5,7-9,11-15,17-19H,6,10,16H2,1H3,(H,28,29). The Morgan fingerprint density at radius 3 is 2.41 bits per heavy atom. The fourth-order valence-electron chi connectivity index (χ4n) is 3.49. The van der Waals surface area contributed by atoms with Crippen molar-refractivity contribution < 1.29 is 0 Å². The Labute approximate surface area is 172 Å². The van der Waals surface area contributed by atoms with Crippen LogP contribution in [-0.4, -0.2) is 16.5 Å². The van der Waals surface area contributed by atoms with E-state index >= 15 is 0 Å². The van der Waals surface area contributed by atoms with Crippen molar-refractivity contribution in [2.24, 2.45) is 0 Å². The molecular formula is C26H25N3. The van der Waals surface area contributed by atoms with E-state index in [1.807, 2.05) is 24.5 Å². The minimum atomic E-state index is 0.890. The summed E-state index contributed by atoms with van der Waals surface area (Å²) in [6.07, 6.45) is 5.76. The molecule has 0 unspecified atom stereocenters. The van der Waals surface area contributed by atoms with Crippen molar-refractivity contribution in [2.75, 3.05) is 11.9 Å². The largest absolute Gasteiger partial charge is 0.370 e. The lowest BCUT2D eigenvalue weighted by Crippen LogP contribution is -2.05. The van der Waals surface area contributed by atoms with Crippen molar-refractivity contribution in [1.82, 2.24) is 9.97 Å². The molecule has 0 aliphatic heterocycles. The zero-order valence-corrected chi connectivity index (χ0v) is 16.7. The molecule has 0 fully saturated rings. The minimum Gasteiger partial charge on any atom is -0.370 e. The Bertz CT molecular complexity index is 1060. The molecule has 0 spiro atoms. The van der Waals surface area contributed by atoms with Crippen molar-refractivity contribution in [1.29, 1.82) is 0 Å². The van der Waals surface area contributed by atoms with Crippen LogP contribution in [0.4, 0.5) is 5.82 Å². The maximum atomic E-state index is 4.95. The molecule has 0 aliphatic carbocycles. The van der Waals surface area contributed by atoms with E-state index in [2.05, 4.69) is 84.0 Å². The summed E-state index contributed by atoms with van der Waals surface area (Å²) in [7, 11) is 0. The topological polar surface area (TPSA) is 37.8 Å². The third-order valence-corrected chi connectivity index (χ3v) is 4.97. The molecule has 0 bridgehead atoms. The Hall–Kier alpha value is -3.46. The number of hydrogen-bond acceptors (Lipinski definition) is 3. The van der Waals surface area contributed by atoms with Crippen LogP contribution in [0.25, 0.3) is 22.4 Å². The lowest BCUT2D eigenvalue weighted by Gasteiger charge is -2.13. The molecule has 0 amide bonds. The van der Waals surface area contributed by atoms with Gasteiger partial charge in [0.1, 0.15) is 5.82 Å². The number of aryl methyl sites for hydroxylation is 2. The normalized spacial score (nSPS) is 10.7. The molecule has 0 aliphatic rings. The van der Waals surface area contributed by atoms with Gasteiger partial charge in [-0.1, -0.05) is 60.2 Å². The van der Waals surface area contributed by atoms with Crippen molar-refractivity contribution in [3.8, 4) is 22.4 Å². The number of hydrogen-bond donors (Lipinski definition) is 1. The van der Waals surface area contributed by atoms with Gasteiger partial charge in [0.15, 0.2) is 0 Å². The molecule has 4 rings (SSSR count). The SMILES string of the molecule is Cc1cccc(-c2ccc(NCCCc3ccccc3)nc2-c2ccncc2)c1. The van der Waals surface area contributed by atoms with Crippen LogP contribution in [0.2, 0.25) is 0 Å². The number of nitrogens with one attached hydrogen (secondary N) is 1. The summed E-state index contributed by atoms with van der Waals surface area (Å²) in [4.78, 5) is 9.11. The first-order chi connectivity index (χ1) is 14.3. The van der Waals surface area contributed by atoms with Gasteiger partial charge in [-0.15, -0.1) is 0 Å². The summed E-state index contributed by atoms with van der Waals surface area (Å²) >= 11 is 0. The van der Waals surface area contributed by atoms with Gasteiger partial charge < -0.3 is 5.32 Å². The van der Waals surface area contributed by atoms with E-state index in [-0.39, 0.29) is 0 Å². The van der Waals surface area contributed by atoms with Crippen LogP contribution in [0.1, 0.15) is 17.5 Å². The highest BCUT2D eigenvalue weighted by molar-refractivity contribution is 5.82. The molecule has 29 heavy (non-hydrogen) atoms. The lowest BCUT2D eigenvalue weighted by atomic mass is 9.98. The van der Waals surface area contributed by atoms with Gasteiger partial charge in [0, 0.05) is 30.1 Å². The summed E-state index contributed by atoms with van der Waals surface area (Å²) in [6, 6.07) is 27.4. The van der Waals surface area contributed by atoms with Crippen LogP contribution in [0.15, 0.2) is 91.3 Å². The maximum absolute atomic E-state index is 4.95. The number of aromatic nitrogens is 2. The molecule has 0 atom stereocenters. The fourth-order valence-corrected chi connectivity index (χ4v) is 3.49. The van der Waals surface area contributed by atoms with Gasteiger partial charge in [0.2, 0.25) is 0 Å². The van der Waals surface area contributed by atoms with Gasteiger partial charge in [-0.05, 0) is 55.2 Å². The van der Waals surface area contributed by atoms with E-state index in [4.69, 9.17) is 4.98 Å². The van der Waals surface area contributed by atoms with Gasteiger partial charge in [-0.25, -0.2) is 4.98 Å². The van der Waals surface area contributed by atoms with Crippen LogP contribution < -0.4 is 5.32 Å². The van der Waals surface area contributed by atoms with Gasteiger partial charge >= 0.3 is 0 Å². The first kappa shape index (κ1) is 18.9. The zero-order valence-electron chi connectivity index (χ0n) is 16.7. The first-order valence-corrected chi connectivity index (χ1v) is 10.1. The molecule has 2 aromatic heterocycles. The monoisotopic (exact) mass is 379 g/mol. The number of anilines is 1. The first-order valence-electron chi connectivity index (χ1n) is 10.1. The average Bonchev–Trinajstić information content (AvgIpc) is 2.78. The molecule has 2 aromatic carbocycles. The Morgan fingerprint density at radius 2 is 1.62 bits per heavy atom. The highest BCUT2D eigenvalue weighted by atomic mass is 15.0. The summed E-state index contributed by atoms with van der Waals surface area (Å²) in [5.41, 5.74) is 6.98. The summed E-state index contributed by atoms with van der Waals surface area (Å²) in [5.74, 6) is 0.904. The van der Waals surface area contributed by atoms with Gasteiger partial charge in [-0.3, -0.25) is 4.98 Å². The molecule has 0 saturated heterocycles. The second-order valence-corrected chi connectivity index (χ2v) is 7.21. The zero-order chi connectivity index (χ0) is 19.9. The second-order valence-electron chi connectivity index (χ2n) is 7.21. The van der Waals surface area contributed by atoms with Crippen molar-refractivity contribution in [3.05, 3.63) is 102 Å². The van der Waals surface area contributed by atoms with E-state index < -0.39 is 0 Å². The molecule has 1 N–H and O–H groups in total. The van der Waals surface area contributed by atoms with Crippen LogP contribution in [0.5, 0.6) is 0 Å². The number of benzene rings is 2. The quantitative estimate of drug-likeness (QED) is 0.391. The molecule has 3 nitrogen and oxygen atoms in total. The number of rotatable bonds is 7. The van der Waals surface area contributed by atoms with E-state index in [1.54, 1.807) is 0 Å². The lowest BCUT2D eigenvalue weighted by molar-refractivity contribution is 0.859. The molecule has 0 saturated carbocycles. The van der Waals surface area contributed by atoms with Crippen LogP contribution >= 0.6 is 0 Å². The smallest absolute Gasteiger partial charge is 0.126 e. The second kappa shape index (κ2) is 9.16. The molecule has 2 heterocycles. The molecule has 0 radical (unpaired) electrons. The van der Waals surface area contributed by atoms with E-state index in [0.717, 1.165) is 42.0 Å². The minimum absolute atomic E-state index is 0.890. The van der Waals surface area contributed by atoms with E-state index in [0.29, 0.717) is 0 Å². The predicted molar refractivity (Wildman–Crippen MR) is 121 cm³/mol. The molecule has 144 valence electrons. The molecular weight excluding hydrogens is 354 g/mol. The summed E-state index contributed by atoms with van der Waals surface area (Å²) < 4.78 is 0. The Morgan fingerprint density at radius 1 is 0.793 bits per heavy atom. The Balaban J connectivity index is 1.55. The number of nitrogens with zero attached hydrogens (tertiary/aromatic N) is 2. The molecule has 4 aromatic rings. The van der Waals surface area contributed by atoms with Gasteiger partial charge in [-0.2, -0.15) is 0 Å². The third-order valence-electron chi connectivity index (χ3n) is 4.97. The summed E-state index contributed by atoms with van der Waals surface area (Å²) in [6.45, 7) is 3.01. The highest BCUT2D eigenvalue weighted by Gasteiger charge is 2.11.